The van der Waals surface area contributed by atoms with Crippen LogP contribution >= 0.6 is 11.6 Å². The van der Waals surface area contributed by atoms with E-state index in [1.807, 2.05) is 6.92 Å². The molecule has 1 aliphatic rings. The smallest absolute Gasteiger partial charge is 0.278 e. The van der Waals surface area contributed by atoms with Crippen molar-refractivity contribution in [1.82, 2.24) is 20.0 Å². The molecule has 3 heterocycles. The maximum Gasteiger partial charge on any atom is 0.278 e. The van der Waals surface area contributed by atoms with Crippen molar-refractivity contribution in [1.29, 1.82) is 0 Å². The number of carbonyl (C=O) groups is 1. The number of hydrogen-bond acceptors (Lipinski definition) is 6. The maximum absolute atomic E-state index is 12.7. The number of anilines is 1. The van der Waals surface area contributed by atoms with Gasteiger partial charge in [0.1, 0.15) is 12.1 Å². The molecular formula is C23H20ClN5O2. The number of aryl methyl sites for hydroxylation is 1. The first-order valence-electron chi connectivity index (χ1n) is 9.83. The minimum absolute atomic E-state index is 0.244. The van der Waals surface area contributed by atoms with E-state index in [1.165, 1.54) is 11.4 Å². The zero-order valence-corrected chi connectivity index (χ0v) is 17.7. The lowest BCUT2D eigenvalue weighted by molar-refractivity contribution is -0.144. The predicted molar refractivity (Wildman–Crippen MR) is 118 cm³/mol. The van der Waals surface area contributed by atoms with Crippen molar-refractivity contribution in [3.8, 4) is 23.1 Å². The van der Waals surface area contributed by atoms with Crippen LogP contribution in [0.1, 0.15) is 40.0 Å². The van der Waals surface area contributed by atoms with Crippen LogP contribution in [-0.4, -0.2) is 39.1 Å². The van der Waals surface area contributed by atoms with E-state index in [9.17, 15) is 4.79 Å². The molecule has 1 saturated heterocycles. The van der Waals surface area contributed by atoms with E-state index in [-0.39, 0.29) is 5.91 Å². The molecular weight excluding hydrogens is 414 g/mol. The van der Waals surface area contributed by atoms with Gasteiger partial charge in [0, 0.05) is 23.9 Å². The summed E-state index contributed by atoms with van der Waals surface area (Å²) >= 11 is 6.47. The Labute approximate surface area is 185 Å². The Bertz CT molecular complexity index is 1180. The Kier molecular flexibility index (Phi) is 6.12. The van der Waals surface area contributed by atoms with E-state index < -0.39 is 0 Å². The van der Waals surface area contributed by atoms with Gasteiger partial charge in [0.05, 0.1) is 34.1 Å². The lowest BCUT2D eigenvalue weighted by atomic mass is 10.0. The van der Waals surface area contributed by atoms with Gasteiger partial charge in [-0.2, -0.15) is 0 Å². The second kappa shape index (κ2) is 9.13. The Hall–Kier alpha value is -3.47. The van der Waals surface area contributed by atoms with Crippen LogP contribution in [0.15, 0.2) is 42.9 Å². The topological polar surface area (TPSA) is 94.2 Å². The summed E-state index contributed by atoms with van der Waals surface area (Å²) in [5, 5.41) is 1.70. The molecule has 7 nitrogen and oxygen atoms in total. The van der Waals surface area contributed by atoms with Crippen molar-refractivity contribution < 1.29 is 9.63 Å². The first-order chi connectivity index (χ1) is 15.0. The summed E-state index contributed by atoms with van der Waals surface area (Å²) in [5.74, 6) is 6.39. The minimum Gasteiger partial charge on any atom is -0.384 e. The highest BCUT2D eigenvalue weighted by Gasteiger charge is 2.22. The molecule has 0 radical (unpaired) electrons. The van der Waals surface area contributed by atoms with E-state index in [0.717, 1.165) is 29.7 Å². The van der Waals surface area contributed by atoms with Crippen molar-refractivity contribution >= 4 is 23.3 Å². The number of nitrogens with zero attached hydrogens (tertiary/aromatic N) is 4. The first-order valence-corrected chi connectivity index (χ1v) is 10.2. The third-order valence-corrected chi connectivity index (χ3v) is 5.17. The number of hydroxylamine groups is 2. The number of nitrogens with two attached hydrogens (primary N) is 1. The monoisotopic (exact) mass is 433 g/mol. The highest BCUT2D eigenvalue weighted by Crippen LogP contribution is 2.28. The molecule has 0 aliphatic carbocycles. The molecule has 0 atom stereocenters. The van der Waals surface area contributed by atoms with Crippen molar-refractivity contribution in [2.75, 3.05) is 18.9 Å². The number of benzene rings is 1. The van der Waals surface area contributed by atoms with Crippen molar-refractivity contribution in [2.45, 2.75) is 19.8 Å². The molecule has 1 fully saturated rings. The average Bonchev–Trinajstić information content (AvgIpc) is 2.79. The molecule has 3 aromatic rings. The second-order valence-corrected chi connectivity index (χ2v) is 7.45. The van der Waals surface area contributed by atoms with E-state index in [2.05, 4.69) is 26.8 Å². The summed E-state index contributed by atoms with van der Waals surface area (Å²) in [5.41, 5.74) is 9.53. The molecule has 1 aliphatic heterocycles. The maximum atomic E-state index is 12.7. The highest BCUT2D eigenvalue weighted by atomic mass is 35.5. The summed E-state index contributed by atoms with van der Waals surface area (Å²) in [6.07, 6.45) is 4.95. The summed E-state index contributed by atoms with van der Waals surface area (Å²) in [6.45, 7) is 2.96. The van der Waals surface area contributed by atoms with Gasteiger partial charge >= 0.3 is 0 Å². The normalized spacial score (nSPS) is 13.4. The number of hydrogen-bond donors (Lipinski definition) is 1. The molecule has 4 rings (SSSR count). The van der Waals surface area contributed by atoms with Crippen LogP contribution in [0.2, 0.25) is 5.02 Å². The van der Waals surface area contributed by atoms with Crippen LogP contribution < -0.4 is 5.73 Å². The number of pyridine rings is 1. The van der Waals surface area contributed by atoms with Gasteiger partial charge in [0.2, 0.25) is 0 Å². The lowest BCUT2D eigenvalue weighted by Crippen LogP contribution is -2.35. The van der Waals surface area contributed by atoms with Gasteiger partial charge in [-0.1, -0.05) is 29.5 Å². The molecule has 0 bridgehead atoms. The van der Waals surface area contributed by atoms with Crippen molar-refractivity contribution in [2.24, 2.45) is 0 Å². The SMILES string of the molecule is Cc1ncnc(-c2ccc(C(=O)N3CCCCO3)c(Cl)c2)c1C#Cc1ccc(N)nc1. The third kappa shape index (κ3) is 4.66. The molecule has 2 N–H and O–H groups in total. The molecule has 0 unspecified atom stereocenters. The molecule has 2 aromatic heterocycles. The van der Waals surface area contributed by atoms with E-state index in [1.54, 1.807) is 36.5 Å². The number of nitrogen functional groups attached to an aromatic ring is 1. The number of amides is 1. The van der Waals surface area contributed by atoms with Crippen LogP contribution in [0.25, 0.3) is 11.3 Å². The van der Waals surface area contributed by atoms with Crippen molar-refractivity contribution in [3.63, 3.8) is 0 Å². The van der Waals surface area contributed by atoms with Crippen LogP contribution in [0.5, 0.6) is 0 Å². The largest absolute Gasteiger partial charge is 0.384 e. The Morgan fingerprint density at radius 3 is 2.74 bits per heavy atom. The molecule has 1 aromatic carbocycles. The number of carbonyl (C=O) groups excluding carboxylic acids is 1. The summed E-state index contributed by atoms with van der Waals surface area (Å²) < 4.78 is 0. The lowest BCUT2D eigenvalue weighted by Gasteiger charge is -2.26. The molecule has 31 heavy (non-hydrogen) atoms. The number of rotatable bonds is 2. The van der Waals surface area contributed by atoms with Crippen molar-refractivity contribution in [3.05, 3.63) is 70.3 Å². The Morgan fingerprint density at radius 2 is 2.03 bits per heavy atom. The van der Waals surface area contributed by atoms with Crippen LogP contribution in [0, 0.1) is 18.8 Å². The minimum atomic E-state index is -0.244. The van der Waals surface area contributed by atoms with E-state index in [4.69, 9.17) is 22.2 Å². The van der Waals surface area contributed by atoms with Crippen LogP contribution in [0.3, 0.4) is 0 Å². The fraction of sp³-hybridized carbons (Fsp3) is 0.217. The standard InChI is InChI=1S/C23H20ClN5O2/c1-15-18(7-4-16-5-9-21(25)26-13-16)22(28-14-27-15)17-6-8-19(20(24)12-17)23(30)29-10-2-3-11-31-29/h5-6,8-9,12-14H,2-3,10-11H2,1H3,(H2,25,26). The quantitative estimate of drug-likeness (QED) is 0.620. The van der Waals surface area contributed by atoms with Gasteiger partial charge in [0.25, 0.3) is 5.91 Å². The number of aromatic nitrogens is 3. The van der Waals surface area contributed by atoms with Gasteiger partial charge < -0.3 is 5.73 Å². The summed E-state index contributed by atoms with van der Waals surface area (Å²) in [7, 11) is 0. The zero-order valence-electron chi connectivity index (χ0n) is 16.9. The predicted octanol–water partition coefficient (Wildman–Crippen LogP) is 3.65. The van der Waals surface area contributed by atoms with Crippen LogP contribution in [0.4, 0.5) is 5.82 Å². The molecule has 8 heteroatoms. The molecule has 156 valence electrons. The van der Waals surface area contributed by atoms with E-state index >= 15 is 0 Å². The van der Waals surface area contributed by atoms with Crippen LogP contribution in [-0.2, 0) is 4.84 Å². The Morgan fingerprint density at radius 1 is 1.16 bits per heavy atom. The molecule has 0 saturated carbocycles. The fourth-order valence-corrected chi connectivity index (χ4v) is 3.44. The Balaban J connectivity index is 1.67. The fourth-order valence-electron chi connectivity index (χ4n) is 3.18. The average molecular weight is 434 g/mol. The molecule has 0 spiro atoms. The highest BCUT2D eigenvalue weighted by molar-refractivity contribution is 6.34. The van der Waals surface area contributed by atoms with Gasteiger partial charge in [-0.05, 0) is 44.0 Å². The van der Waals surface area contributed by atoms with Gasteiger partial charge in [-0.25, -0.2) is 20.0 Å². The third-order valence-electron chi connectivity index (χ3n) is 4.86. The first kappa shape index (κ1) is 20.8. The van der Waals surface area contributed by atoms with Gasteiger partial charge in [-0.15, -0.1) is 0 Å². The summed E-state index contributed by atoms with van der Waals surface area (Å²) in [4.78, 5) is 30.9. The zero-order chi connectivity index (χ0) is 21.8. The molecule has 1 amide bonds. The second-order valence-electron chi connectivity index (χ2n) is 7.05. The van der Waals surface area contributed by atoms with Gasteiger partial charge in [-0.3, -0.25) is 9.63 Å². The number of halogens is 1. The summed E-state index contributed by atoms with van der Waals surface area (Å²) in [6, 6.07) is 8.71. The van der Waals surface area contributed by atoms with E-state index in [0.29, 0.717) is 40.8 Å². The van der Waals surface area contributed by atoms with Gasteiger partial charge in [0.15, 0.2) is 0 Å².